The zero-order chi connectivity index (χ0) is 14.0. The van der Waals surface area contributed by atoms with Gasteiger partial charge in [-0.2, -0.15) is 5.10 Å². The molecule has 100 valence electrons. The van der Waals surface area contributed by atoms with E-state index in [1.807, 2.05) is 13.8 Å². The van der Waals surface area contributed by atoms with Gasteiger partial charge >= 0.3 is 0 Å². The van der Waals surface area contributed by atoms with E-state index in [0.29, 0.717) is 11.7 Å². The fraction of sp³-hybridized carbons (Fsp3) is 0.250. The number of pyridine rings is 1. The molecule has 0 aliphatic carbocycles. The van der Waals surface area contributed by atoms with Crippen LogP contribution in [0, 0.1) is 0 Å². The van der Waals surface area contributed by atoms with Gasteiger partial charge in [-0.3, -0.25) is 9.89 Å². The van der Waals surface area contributed by atoms with Crippen molar-refractivity contribution < 1.29 is 4.79 Å². The third-order valence-electron chi connectivity index (χ3n) is 2.53. The topological polar surface area (TPSA) is 70.7 Å². The van der Waals surface area contributed by atoms with Crippen LogP contribution in [0.1, 0.15) is 35.8 Å². The lowest BCUT2D eigenvalue weighted by Crippen LogP contribution is -2.13. The van der Waals surface area contributed by atoms with Crippen LogP contribution in [0.2, 0.25) is 10.2 Å². The molecule has 2 N–H and O–H groups in total. The molecule has 0 radical (unpaired) electrons. The Bertz CT molecular complexity index is 610. The van der Waals surface area contributed by atoms with E-state index in [0.717, 1.165) is 5.69 Å². The Balaban J connectivity index is 2.18. The standard InChI is InChI=1S/C12H12Cl2N4O/c1-6(2)9-4-11(18-17-9)16-12(19)7-3-10(14)15-5-8(7)13/h3-6H,1-2H3,(H2,16,17,18,19). The molecule has 2 aromatic rings. The van der Waals surface area contributed by atoms with Gasteiger partial charge in [-0.25, -0.2) is 4.98 Å². The third-order valence-corrected chi connectivity index (χ3v) is 3.04. The summed E-state index contributed by atoms with van der Waals surface area (Å²) >= 11 is 11.6. The van der Waals surface area contributed by atoms with Crippen LogP contribution in [0.4, 0.5) is 5.82 Å². The van der Waals surface area contributed by atoms with Gasteiger partial charge in [0.25, 0.3) is 5.91 Å². The molecule has 0 unspecified atom stereocenters. The number of H-pyrrole nitrogens is 1. The number of carbonyl (C=O) groups excluding carboxylic acids is 1. The molecule has 0 aromatic carbocycles. The van der Waals surface area contributed by atoms with Crippen LogP contribution in [0.25, 0.3) is 0 Å². The molecule has 0 aliphatic rings. The second-order valence-electron chi connectivity index (χ2n) is 4.30. The zero-order valence-corrected chi connectivity index (χ0v) is 11.9. The first kappa shape index (κ1) is 13.8. The van der Waals surface area contributed by atoms with Gasteiger partial charge < -0.3 is 5.32 Å². The molecule has 19 heavy (non-hydrogen) atoms. The normalized spacial score (nSPS) is 10.8. The highest BCUT2D eigenvalue weighted by Crippen LogP contribution is 2.20. The summed E-state index contributed by atoms with van der Waals surface area (Å²) in [7, 11) is 0. The average molecular weight is 299 g/mol. The molecular formula is C12H12Cl2N4O. The van der Waals surface area contributed by atoms with Crippen molar-refractivity contribution in [1.82, 2.24) is 15.2 Å². The SMILES string of the molecule is CC(C)c1cc(NC(=O)c2cc(Cl)ncc2Cl)n[nH]1. The Morgan fingerprint density at radius 1 is 1.37 bits per heavy atom. The van der Waals surface area contributed by atoms with Crippen LogP contribution in [-0.2, 0) is 0 Å². The van der Waals surface area contributed by atoms with E-state index in [9.17, 15) is 4.79 Å². The molecule has 0 spiro atoms. The van der Waals surface area contributed by atoms with Crippen molar-refractivity contribution >= 4 is 34.9 Å². The van der Waals surface area contributed by atoms with E-state index in [-0.39, 0.29) is 21.6 Å². The van der Waals surface area contributed by atoms with Crippen molar-refractivity contribution in [2.24, 2.45) is 0 Å². The minimum atomic E-state index is -0.379. The summed E-state index contributed by atoms with van der Waals surface area (Å²) in [5.74, 6) is 0.367. The smallest absolute Gasteiger partial charge is 0.258 e. The van der Waals surface area contributed by atoms with Crippen LogP contribution in [0.15, 0.2) is 18.3 Å². The van der Waals surface area contributed by atoms with Gasteiger partial charge in [-0.05, 0) is 12.0 Å². The van der Waals surface area contributed by atoms with E-state index in [1.54, 1.807) is 6.07 Å². The van der Waals surface area contributed by atoms with Crippen molar-refractivity contribution in [3.8, 4) is 0 Å². The fourth-order valence-corrected chi connectivity index (χ4v) is 1.81. The molecule has 2 aromatic heterocycles. The minimum Gasteiger partial charge on any atom is -0.305 e. The van der Waals surface area contributed by atoms with Crippen molar-refractivity contribution in [3.05, 3.63) is 39.8 Å². The molecule has 2 heterocycles. The highest BCUT2D eigenvalue weighted by atomic mass is 35.5. The highest BCUT2D eigenvalue weighted by Gasteiger charge is 2.14. The summed E-state index contributed by atoms with van der Waals surface area (Å²) in [6.07, 6.45) is 1.34. The van der Waals surface area contributed by atoms with Crippen molar-refractivity contribution in [2.45, 2.75) is 19.8 Å². The van der Waals surface area contributed by atoms with Gasteiger partial charge in [0.15, 0.2) is 5.82 Å². The Hall–Kier alpha value is -1.59. The lowest BCUT2D eigenvalue weighted by atomic mass is 10.1. The van der Waals surface area contributed by atoms with Gasteiger partial charge in [0.2, 0.25) is 0 Å². The molecule has 0 atom stereocenters. The number of aromatic nitrogens is 3. The first-order valence-corrected chi connectivity index (χ1v) is 6.40. The second kappa shape index (κ2) is 5.59. The maximum Gasteiger partial charge on any atom is 0.258 e. The van der Waals surface area contributed by atoms with Gasteiger partial charge in [-0.15, -0.1) is 0 Å². The fourth-order valence-electron chi connectivity index (χ4n) is 1.47. The number of hydrogen-bond acceptors (Lipinski definition) is 3. The lowest BCUT2D eigenvalue weighted by Gasteiger charge is -2.04. The van der Waals surface area contributed by atoms with Crippen LogP contribution in [-0.4, -0.2) is 21.1 Å². The number of hydrogen-bond donors (Lipinski definition) is 2. The molecule has 0 saturated carbocycles. The zero-order valence-electron chi connectivity index (χ0n) is 10.4. The Morgan fingerprint density at radius 3 is 2.74 bits per heavy atom. The molecule has 0 saturated heterocycles. The van der Waals surface area contributed by atoms with Gasteiger partial charge in [0.05, 0.1) is 10.6 Å². The summed E-state index contributed by atoms with van der Waals surface area (Å²) in [6, 6.07) is 3.19. The summed E-state index contributed by atoms with van der Waals surface area (Å²) < 4.78 is 0. The molecule has 0 bridgehead atoms. The van der Waals surface area contributed by atoms with E-state index in [4.69, 9.17) is 23.2 Å². The van der Waals surface area contributed by atoms with E-state index >= 15 is 0 Å². The van der Waals surface area contributed by atoms with Gasteiger partial charge in [-0.1, -0.05) is 37.0 Å². The number of rotatable bonds is 3. The van der Waals surface area contributed by atoms with Crippen LogP contribution >= 0.6 is 23.2 Å². The average Bonchev–Trinajstić information content (AvgIpc) is 2.80. The second-order valence-corrected chi connectivity index (χ2v) is 5.10. The molecule has 5 nitrogen and oxygen atoms in total. The maximum absolute atomic E-state index is 12.0. The summed E-state index contributed by atoms with van der Waals surface area (Å²) in [6.45, 7) is 4.05. The minimum absolute atomic E-state index is 0.208. The lowest BCUT2D eigenvalue weighted by molar-refractivity contribution is 0.102. The van der Waals surface area contributed by atoms with Crippen molar-refractivity contribution in [3.63, 3.8) is 0 Å². The largest absolute Gasteiger partial charge is 0.305 e. The summed E-state index contributed by atoms with van der Waals surface area (Å²) in [4.78, 5) is 15.8. The number of anilines is 1. The first-order chi connectivity index (χ1) is 8.97. The third kappa shape index (κ3) is 3.24. The summed E-state index contributed by atoms with van der Waals surface area (Å²) in [5, 5.41) is 9.95. The molecule has 2 rings (SSSR count). The number of halogens is 2. The van der Waals surface area contributed by atoms with E-state index in [1.165, 1.54) is 12.3 Å². The van der Waals surface area contributed by atoms with Gasteiger partial charge in [0, 0.05) is 18.0 Å². The van der Waals surface area contributed by atoms with E-state index in [2.05, 4.69) is 20.5 Å². The molecule has 0 fully saturated rings. The number of amides is 1. The molecule has 0 aliphatic heterocycles. The predicted molar refractivity (Wildman–Crippen MR) is 74.9 cm³/mol. The molecule has 1 amide bonds. The predicted octanol–water partition coefficient (Wildman–Crippen LogP) is 3.49. The molecule has 7 heteroatoms. The Labute approximate surface area is 120 Å². The number of nitrogens with zero attached hydrogens (tertiary/aromatic N) is 2. The maximum atomic E-state index is 12.0. The monoisotopic (exact) mass is 298 g/mol. The van der Waals surface area contributed by atoms with Crippen LogP contribution in [0.5, 0.6) is 0 Å². The van der Waals surface area contributed by atoms with Crippen molar-refractivity contribution in [2.75, 3.05) is 5.32 Å². The number of nitrogens with one attached hydrogen (secondary N) is 2. The molecular weight excluding hydrogens is 287 g/mol. The van der Waals surface area contributed by atoms with Gasteiger partial charge in [0.1, 0.15) is 5.15 Å². The number of carbonyl (C=O) groups is 1. The summed E-state index contributed by atoms with van der Waals surface area (Å²) in [5.41, 5.74) is 1.20. The van der Waals surface area contributed by atoms with Crippen molar-refractivity contribution in [1.29, 1.82) is 0 Å². The Kier molecular flexibility index (Phi) is 4.07. The highest BCUT2D eigenvalue weighted by molar-refractivity contribution is 6.35. The number of aromatic amines is 1. The Morgan fingerprint density at radius 2 is 2.11 bits per heavy atom. The van der Waals surface area contributed by atoms with Crippen LogP contribution < -0.4 is 5.32 Å². The van der Waals surface area contributed by atoms with E-state index < -0.39 is 0 Å². The van der Waals surface area contributed by atoms with Crippen LogP contribution in [0.3, 0.4) is 0 Å². The first-order valence-electron chi connectivity index (χ1n) is 5.65. The quantitative estimate of drug-likeness (QED) is 0.852.